The molecule has 0 radical (unpaired) electrons. The molecule has 1 atom stereocenters. The fourth-order valence-corrected chi connectivity index (χ4v) is 3.37. The van der Waals surface area contributed by atoms with E-state index < -0.39 is 0 Å². The monoisotopic (exact) mass is 330 g/mol. The summed E-state index contributed by atoms with van der Waals surface area (Å²) in [4.78, 5) is 0. The second kappa shape index (κ2) is 8.53. The molecule has 0 bridgehead atoms. The van der Waals surface area contributed by atoms with Crippen LogP contribution in [-0.4, -0.2) is 18.3 Å². The summed E-state index contributed by atoms with van der Waals surface area (Å²) in [6.07, 6.45) is 8.57. The van der Waals surface area contributed by atoms with Gasteiger partial charge in [0.05, 0.1) is 11.2 Å². The van der Waals surface area contributed by atoms with Gasteiger partial charge in [-0.1, -0.05) is 69.4 Å². The lowest BCUT2D eigenvalue weighted by Gasteiger charge is -2.32. The zero-order valence-electron chi connectivity index (χ0n) is 16.3. The minimum atomic E-state index is -0.222. The molecule has 0 aromatic heterocycles. The van der Waals surface area contributed by atoms with Crippen molar-refractivity contribution in [3.63, 3.8) is 0 Å². The van der Waals surface area contributed by atoms with Crippen LogP contribution in [0.25, 0.3) is 0 Å². The number of benzene rings is 1. The van der Waals surface area contributed by atoms with Gasteiger partial charge in [-0.05, 0) is 51.9 Å². The van der Waals surface area contributed by atoms with Crippen molar-refractivity contribution in [1.82, 2.24) is 0 Å². The van der Waals surface area contributed by atoms with E-state index in [2.05, 4.69) is 65.0 Å². The molecule has 1 saturated heterocycles. The van der Waals surface area contributed by atoms with Crippen molar-refractivity contribution >= 4 is 7.12 Å². The first-order valence-electron chi connectivity index (χ1n) is 9.75. The van der Waals surface area contributed by atoms with Crippen molar-refractivity contribution in [3.05, 3.63) is 35.9 Å². The second-order valence-electron chi connectivity index (χ2n) is 8.26. The first-order valence-corrected chi connectivity index (χ1v) is 9.75. The van der Waals surface area contributed by atoms with Crippen LogP contribution in [0.4, 0.5) is 0 Å². The molecule has 3 heteroatoms. The van der Waals surface area contributed by atoms with Gasteiger partial charge >= 0.3 is 7.12 Å². The van der Waals surface area contributed by atoms with Crippen molar-refractivity contribution in [2.45, 2.75) is 96.6 Å². The lowest BCUT2D eigenvalue weighted by atomic mass is 9.66. The van der Waals surface area contributed by atoms with Crippen LogP contribution in [0, 0.1) is 0 Å². The Hall–Kier alpha value is -0.795. The normalized spacial score (nSPS) is 20.3. The molecule has 0 spiro atoms. The van der Waals surface area contributed by atoms with Crippen LogP contribution >= 0.6 is 0 Å². The average Bonchev–Trinajstić information content (AvgIpc) is 2.75. The lowest BCUT2D eigenvalue weighted by Crippen LogP contribution is -2.41. The highest BCUT2D eigenvalue weighted by molar-refractivity contribution is 6.47. The van der Waals surface area contributed by atoms with Crippen LogP contribution in [0.15, 0.2) is 30.3 Å². The summed E-state index contributed by atoms with van der Waals surface area (Å²) in [6, 6.07) is 10.8. The number of rotatable bonds is 9. The summed E-state index contributed by atoms with van der Waals surface area (Å²) in [5.74, 6) is 0.501. The van der Waals surface area contributed by atoms with E-state index in [-0.39, 0.29) is 18.3 Å². The van der Waals surface area contributed by atoms with E-state index in [0.29, 0.717) is 5.82 Å². The SMILES string of the molecule is CCCCC[C@H](CCCc1ccccc1)B1OC(C)(C)C(C)(C)O1. The topological polar surface area (TPSA) is 18.5 Å². The lowest BCUT2D eigenvalue weighted by molar-refractivity contribution is 0.00578. The first-order chi connectivity index (χ1) is 11.4. The molecule has 24 heavy (non-hydrogen) atoms. The van der Waals surface area contributed by atoms with Gasteiger partial charge in [0.15, 0.2) is 0 Å². The van der Waals surface area contributed by atoms with Crippen molar-refractivity contribution in [3.8, 4) is 0 Å². The fraction of sp³-hybridized carbons (Fsp3) is 0.714. The van der Waals surface area contributed by atoms with Crippen molar-refractivity contribution in [2.75, 3.05) is 0 Å². The highest BCUT2D eigenvalue weighted by Crippen LogP contribution is 2.42. The predicted molar refractivity (Wildman–Crippen MR) is 103 cm³/mol. The van der Waals surface area contributed by atoms with Crippen LogP contribution in [0.3, 0.4) is 0 Å². The molecule has 0 unspecified atom stereocenters. The summed E-state index contributed by atoms with van der Waals surface area (Å²) in [7, 11) is -0.0531. The number of hydrogen-bond donors (Lipinski definition) is 0. The molecule has 0 saturated carbocycles. The quantitative estimate of drug-likeness (QED) is 0.405. The van der Waals surface area contributed by atoms with Crippen LogP contribution in [0.5, 0.6) is 0 Å². The van der Waals surface area contributed by atoms with Gasteiger partial charge in [0, 0.05) is 0 Å². The zero-order valence-corrected chi connectivity index (χ0v) is 16.3. The fourth-order valence-electron chi connectivity index (χ4n) is 3.37. The molecule has 0 N–H and O–H groups in total. The third kappa shape index (κ3) is 5.10. The molecular weight excluding hydrogens is 295 g/mol. The Morgan fingerprint density at radius 2 is 1.46 bits per heavy atom. The Morgan fingerprint density at radius 1 is 0.875 bits per heavy atom. The standard InChI is InChI=1S/C21H35BO2/c1-6-7-9-16-19(17-12-15-18-13-10-8-11-14-18)22-23-20(2,3)21(4,5)24-22/h8,10-11,13-14,19H,6-7,9,12,15-17H2,1-5H3/t19-/m1/s1. The summed E-state index contributed by atoms with van der Waals surface area (Å²) in [5, 5.41) is 0. The first kappa shape index (κ1) is 19.5. The van der Waals surface area contributed by atoms with Gasteiger partial charge in [-0.25, -0.2) is 0 Å². The maximum Gasteiger partial charge on any atom is 0.461 e. The molecule has 1 fully saturated rings. The van der Waals surface area contributed by atoms with E-state index in [4.69, 9.17) is 9.31 Å². The summed E-state index contributed by atoms with van der Waals surface area (Å²) in [5.41, 5.74) is 0.985. The third-order valence-corrected chi connectivity index (χ3v) is 5.72. The molecule has 2 rings (SSSR count). The van der Waals surface area contributed by atoms with E-state index in [9.17, 15) is 0 Å². The van der Waals surface area contributed by atoms with Gasteiger partial charge < -0.3 is 9.31 Å². The summed E-state index contributed by atoms with van der Waals surface area (Å²) < 4.78 is 12.7. The predicted octanol–water partition coefficient (Wildman–Crippen LogP) is 6.05. The van der Waals surface area contributed by atoms with Gasteiger partial charge in [-0.3, -0.25) is 0 Å². The van der Waals surface area contributed by atoms with Gasteiger partial charge in [-0.15, -0.1) is 0 Å². The van der Waals surface area contributed by atoms with Gasteiger partial charge in [0.2, 0.25) is 0 Å². The van der Waals surface area contributed by atoms with Gasteiger partial charge in [-0.2, -0.15) is 0 Å². The van der Waals surface area contributed by atoms with Crippen LogP contribution < -0.4 is 0 Å². The largest absolute Gasteiger partial charge is 0.461 e. The van der Waals surface area contributed by atoms with Crippen LogP contribution in [0.2, 0.25) is 5.82 Å². The highest BCUT2D eigenvalue weighted by Gasteiger charge is 2.53. The Balaban J connectivity index is 1.92. The van der Waals surface area contributed by atoms with E-state index in [1.165, 1.54) is 44.1 Å². The highest BCUT2D eigenvalue weighted by atomic mass is 16.7. The molecule has 1 aromatic rings. The second-order valence-corrected chi connectivity index (χ2v) is 8.26. The van der Waals surface area contributed by atoms with Crippen molar-refractivity contribution in [1.29, 1.82) is 0 Å². The Morgan fingerprint density at radius 3 is 2.04 bits per heavy atom. The van der Waals surface area contributed by atoms with E-state index in [1.54, 1.807) is 0 Å². The smallest absolute Gasteiger partial charge is 0.403 e. The molecule has 2 nitrogen and oxygen atoms in total. The Bertz CT molecular complexity index is 468. The minimum absolute atomic E-state index is 0.0531. The summed E-state index contributed by atoms with van der Waals surface area (Å²) >= 11 is 0. The number of aryl methyl sites for hydroxylation is 1. The Labute approximate surface area is 149 Å². The van der Waals surface area contributed by atoms with Crippen LogP contribution in [-0.2, 0) is 15.7 Å². The maximum absolute atomic E-state index is 6.34. The maximum atomic E-state index is 6.34. The van der Waals surface area contributed by atoms with E-state index >= 15 is 0 Å². The van der Waals surface area contributed by atoms with Gasteiger partial charge in [0.1, 0.15) is 0 Å². The average molecular weight is 330 g/mol. The third-order valence-electron chi connectivity index (χ3n) is 5.72. The molecule has 0 amide bonds. The molecule has 0 aliphatic carbocycles. The van der Waals surface area contributed by atoms with Crippen molar-refractivity contribution < 1.29 is 9.31 Å². The molecule has 1 aliphatic rings. The molecule has 1 aromatic carbocycles. The zero-order chi connectivity index (χ0) is 17.6. The minimum Gasteiger partial charge on any atom is -0.403 e. The summed E-state index contributed by atoms with van der Waals surface area (Å²) in [6.45, 7) is 10.9. The number of unbranched alkanes of at least 4 members (excludes halogenated alkanes) is 2. The molecule has 134 valence electrons. The number of hydrogen-bond acceptors (Lipinski definition) is 2. The van der Waals surface area contributed by atoms with E-state index in [0.717, 1.165) is 6.42 Å². The van der Waals surface area contributed by atoms with Crippen LogP contribution in [0.1, 0.15) is 78.7 Å². The molecule has 1 heterocycles. The van der Waals surface area contributed by atoms with E-state index in [1.807, 2.05) is 0 Å². The molecular formula is C21H35BO2. The van der Waals surface area contributed by atoms with Gasteiger partial charge in [0.25, 0.3) is 0 Å². The Kier molecular flexibility index (Phi) is 6.94. The van der Waals surface area contributed by atoms with Crippen molar-refractivity contribution in [2.24, 2.45) is 0 Å². The molecule has 1 aliphatic heterocycles.